The third-order valence-electron chi connectivity index (χ3n) is 6.04. The highest BCUT2D eigenvalue weighted by Crippen LogP contribution is 2.42. The molecule has 0 saturated heterocycles. The molecule has 38 heavy (non-hydrogen) atoms. The molecule has 3 N–H and O–H groups in total. The van der Waals surface area contributed by atoms with Crippen molar-refractivity contribution in [2.24, 2.45) is 0 Å². The number of rotatable bonds is 13. The van der Waals surface area contributed by atoms with E-state index in [9.17, 15) is 19.8 Å². The first-order chi connectivity index (χ1) is 18.2. The molecule has 2 aromatic carbocycles. The maximum Gasteiger partial charge on any atom is 0.305 e. The number of nitrogens with zero attached hydrogens (tertiary/aromatic N) is 1. The number of carbonyl (C=O) groups excluding carboxylic acids is 1. The van der Waals surface area contributed by atoms with Crippen LogP contribution in [-0.4, -0.2) is 65.2 Å². The first-order valence-corrected chi connectivity index (χ1v) is 12.0. The highest BCUT2D eigenvalue weighted by atomic mass is 16.5. The molecular weight excluding hydrogens is 490 g/mol. The number of aliphatic carboxylic acids is 1. The summed E-state index contributed by atoms with van der Waals surface area (Å²) in [6, 6.07) is 15.0. The van der Waals surface area contributed by atoms with Crippen molar-refractivity contribution in [3.05, 3.63) is 71.4 Å². The molecular formula is C29H33NO8. The van der Waals surface area contributed by atoms with E-state index >= 15 is 0 Å². The fourth-order valence-electron chi connectivity index (χ4n) is 4.30. The number of aromatic nitrogens is 1. The summed E-state index contributed by atoms with van der Waals surface area (Å²) in [7, 11) is 4.52. The number of ketones is 1. The smallest absolute Gasteiger partial charge is 0.305 e. The number of carbonyl (C=O) groups is 2. The number of hydrogen-bond donors (Lipinski definition) is 3. The first-order valence-electron chi connectivity index (χ1n) is 12.0. The predicted octanol–water partition coefficient (Wildman–Crippen LogP) is 4.03. The highest BCUT2D eigenvalue weighted by molar-refractivity contribution is 6.01. The Balaban J connectivity index is 2.18. The molecule has 0 bridgehead atoms. The summed E-state index contributed by atoms with van der Waals surface area (Å²) >= 11 is 0. The van der Waals surface area contributed by atoms with Gasteiger partial charge >= 0.3 is 5.97 Å². The van der Waals surface area contributed by atoms with Crippen LogP contribution in [0.25, 0.3) is 17.5 Å². The van der Waals surface area contributed by atoms with Gasteiger partial charge in [0.1, 0.15) is 0 Å². The fourth-order valence-corrected chi connectivity index (χ4v) is 4.30. The Bertz CT molecular complexity index is 1270. The van der Waals surface area contributed by atoms with E-state index in [2.05, 4.69) is 0 Å². The van der Waals surface area contributed by atoms with Crippen LogP contribution in [0.4, 0.5) is 0 Å². The van der Waals surface area contributed by atoms with E-state index in [1.54, 1.807) is 22.9 Å². The van der Waals surface area contributed by atoms with Crippen LogP contribution in [0.1, 0.15) is 41.4 Å². The molecule has 0 spiro atoms. The lowest BCUT2D eigenvalue weighted by Gasteiger charge is -2.17. The number of Topliss-reactive ketones (excluding diaryl/α,β-unsaturated/α-hetero) is 1. The summed E-state index contributed by atoms with van der Waals surface area (Å²) < 4.78 is 18.3. The Morgan fingerprint density at radius 2 is 1.61 bits per heavy atom. The summed E-state index contributed by atoms with van der Waals surface area (Å²) in [4.78, 5) is 23.7. The van der Waals surface area contributed by atoms with Crippen LogP contribution in [0.3, 0.4) is 0 Å². The number of carboxylic acids is 1. The summed E-state index contributed by atoms with van der Waals surface area (Å²) in [6.07, 6.45) is 0.628. The van der Waals surface area contributed by atoms with Gasteiger partial charge in [0.25, 0.3) is 0 Å². The minimum absolute atomic E-state index is 0.156. The van der Waals surface area contributed by atoms with Crippen molar-refractivity contribution >= 4 is 18.0 Å². The summed E-state index contributed by atoms with van der Waals surface area (Å²) in [5.41, 5.74) is 3.42. The van der Waals surface area contributed by atoms with E-state index < -0.39 is 24.6 Å². The molecule has 0 fully saturated rings. The lowest BCUT2D eigenvalue weighted by Crippen LogP contribution is -2.19. The third-order valence-corrected chi connectivity index (χ3v) is 6.04. The van der Waals surface area contributed by atoms with Crippen molar-refractivity contribution < 1.29 is 39.1 Å². The predicted molar refractivity (Wildman–Crippen MR) is 143 cm³/mol. The normalized spacial score (nSPS) is 12.8. The maximum absolute atomic E-state index is 12.8. The summed E-state index contributed by atoms with van der Waals surface area (Å²) in [5.74, 6) is -0.0826. The first kappa shape index (κ1) is 28.5. The third kappa shape index (κ3) is 6.81. The van der Waals surface area contributed by atoms with Crippen LogP contribution in [0.5, 0.6) is 17.2 Å². The molecule has 1 heterocycles. The number of benzene rings is 2. The SMILES string of the molecule is COc1cc(-c2c(C(C)=O)cc(Cc3ccccc3)n2/C=C/[C@@H](O)C[C@@H](O)CC(=O)O)cc(OC)c1OC. The van der Waals surface area contributed by atoms with Crippen molar-refractivity contribution in [1.29, 1.82) is 0 Å². The zero-order valence-electron chi connectivity index (χ0n) is 21.9. The zero-order valence-corrected chi connectivity index (χ0v) is 21.9. The molecule has 3 aromatic rings. The molecule has 202 valence electrons. The van der Waals surface area contributed by atoms with Crippen molar-refractivity contribution in [3.8, 4) is 28.5 Å². The van der Waals surface area contributed by atoms with Crippen LogP contribution < -0.4 is 14.2 Å². The quantitative estimate of drug-likeness (QED) is 0.287. The van der Waals surface area contributed by atoms with Crippen molar-refractivity contribution in [3.63, 3.8) is 0 Å². The van der Waals surface area contributed by atoms with E-state index in [-0.39, 0.29) is 12.2 Å². The van der Waals surface area contributed by atoms with E-state index in [0.717, 1.165) is 11.3 Å². The van der Waals surface area contributed by atoms with Gasteiger partial charge in [0.15, 0.2) is 17.3 Å². The van der Waals surface area contributed by atoms with Crippen LogP contribution in [0.2, 0.25) is 0 Å². The second kappa shape index (κ2) is 12.9. The summed E-state index contributed by atoms with van der Waals surface area (Å²) in [5, 5.41) is 29.3. The number of ether oxygens (including phenoxy) is 3. The Hall–Kier alpha value is -4.08. The molecule has 0 aliphatic heterocycles. The standard InChI is InChI=1S/C29H33NO8/c1-18(31)24-15-21(12-19-8-6-5-7-9-19)30(11-10-22(32)16-23(33)17-27(34)35)28(24)20-13-25(36-2)29(38-4)26(14-20)37-3/h5-11,13-15,22-23,32-33H,12,16-17H2,1-4H3,(H,34,35)/b11-10+/t22-,23-/m1/s1. The largest absolute Gasteiger partial charge is 0.493 e. The maximum atomic E-state index is 12.8. The van der Waals surface area contributed by atoms with Crippen molar-refractivity contribution in [1.82, 2.24) is 4.57 Å². The van der Waals surface area contributed by atoms with Crippen LogP contribution in [-0.2, 0) is 11.2 Å². The van der Waals surface area contributed by atoms with Gasteiger partial charge < -0.3 is 34.1 Å². The lowest BCUT2D eigenvalue weighted by atomic mass is 10.0. The van der Waals surface area contributed by atoms with Gasteiger partial charge in [0.2, 0.25) is 5.75 Å². The fraction of sp³-hybridized carbons (Fsp3) is 0.310. The Morgan fingerprint density at radius 3 is 2.13 bits per heavy atom. The Labute approximate surface area is 221 Å². The number of aliphatic hydroxyl groups excluding tert-OH is 2. The van der Waals surface area contributed by atoms with E-state index in [1.807, 2.05) is 36.4 Å². The monoisotopic (exact) mass is 523 g/mol. The van der Waals surface area contributed by atoms with Gasteiger partial charge in [0, 0.05) is 35.9 Å². The molecule has 9 heteroatoms. The number of carboxylic acid groups (broad SMARTS) is 1. The molecule has 0 saturated carbocycles. The van der Waals surface area contributed by atoms with Crippen LogP contribution in [0, 0.1) is 0 Å². The Kier molecular flexibility index (Phi) is 9.70. The average molecular weight is 524 g/mol. The van der Waals surface area contributed by atoms with E-state index in [4.69, 9.17) is 19.3 Å². The highest BCUT2D eigenvalue weighted by Gasteiger charge is 2.23. The van der Waals surface area contributed by atoms with E-state index in [0.29, 0.717) is 40.5 Å². The average Bonchev–Trinajstić information content (AvgIpc) is 3.24. The molecule has 3 rings (SSSR count). The lowest BCUT2D eigenvalue weighted by molar-refractivity contribution is -0.139. The minimum Gasteiger partial charge on any atom is -0.493 e. The van der Waals surface area contributed by atoms with Crippen LogP contribution in [0.15, 0.2) is 54.6 Å². The van der Waals surface area contributed by atoms with Crippen molar-refractivity contribution in [2.75, 3.05) is 21.3 Å². The molecule has 2 atom stereocenters. The molecule has 0 unspecified atom stereocenters. The second-order valence-corrected chi connectivity index (χ2v) is 8.80. The molecule has 0 aliphatic carbocycles. The van der Waals surface area contributed by atoms with Gasteiger partial charge in [-0.3, -0.25) is 9.59 Å². The summed E-state index contributed by atoms with van der Waals surface area (Å²) in [6.45, 7) is 1.48. The topological polar surface area (TPSA) is 127 Å². The van der Waals surface area contributed by atoms with Gasteiger partial charge in [-0.1, -0.05) is 30.3 Å². The number of methoxy groups -OCH3 is 3. The molecule has 0 radical (unpaired) electrons. The van der Waals surface area contributed by atoms with Gasteiger partial charge in [-0.15, -0.1) is 0 Å². The number of hydrogen-bond acceptors (Lipinski definition) is 7. The van der Waals surface area contributed by atoms with Crippen molar-refractivity contribution in [2.45, 2.75) is 38.4 Å². The number of aliphatic hydroxyl groups is 2. The molecule has 9 nitrogen and oxygen atoms in total. The van der Waals surface area contributed by atoms with Gasteiger partial charge in [-0.2, -0.15) is 0 Å². The van der Waals surface area contributed by atoms with Gasteiger partial charge in [-0.05, 0) is 36.8 Å². The van der Waals surface area contributed by atoms with Gasteiger partial charge in [-0.25, -0.2) is 0 Å². The Morgan fingerprint density at radius 1 is 0.974 bits per heavy atom. The molecule has 0 aliphatic rings. The molecule has 0 amide bonds. The van der Waals surface area contributed by atoms with Crippen LogP contribution >= 0.6 is 0 Å². The van der Waals surface area contributed by atoms with Gasteiger partial charge in [0.05, 0.1) is 45.7 Å². The second-order valence-electron chi connectivity index (χ2n) is 8.80. The zero-order chi connectivity index (χ0) is 27.8. The minimum atomic E-state index is -1.21. The molecule has 1 aromatic heterocycles. The van der Waals surface area contributed by atoms with E-state index in [1.165, 1.54) is 34.3 Å².